The van der Waals surface area contributed by atoms with Gasteiger partial charge in [-0.2, -0.15) is 0 Å². The maximum atomic E-state index is 10.4. The number of aliphatic carboxylic acids is 1. The number of hydrogen-bond acceptors (Lipinski definition) is 2. The predicted octanol–water partition coefficient (Wildman–Crippen LogP) is 1.78. The van der Waals surface area contributed by atoms with E-state index in [4.69, 9.17) is 5.11 Å². The number of carboxylic acid groups (broad SMARTS) is 1. The second-order valence-corrected chi connectivity index (χ2v) is 3.24. The van der Waals surface area contributed by atoms with E-state index in [-0.39, 0.29) is 12.4 Å². The SMILES string of the molecule is CC(=CCC(C)N(C)C)C(=O)O.Cl. The van der Waals surface area contributed by atoms with E-state index >= 15 is 0 Å². The lowest BCUT2D eigenvalue weighted by atomic mass is 10.1. The highest BCUT2D eigenvalue weighted by atomic mass is 35.5. The molecule has 0 aliphatic carbocycles. The van der Waals surface area contributed by atoms with Crippen LogP contribution in [0.3, 0.4) is 0 Å². The highest BCUT2D eigenvalue weighted by molar-refractivity contribution is 5.85. The Bertz CT molecular complexity index is 190. The normalized spacial score (nSPS) is 13.8. The first kappa shape index (κ1) is 15.0. The average Bonchev–Trinajstić information content (AvgIpc) is 1.98. The van der Waals surface area contributed by atoms with Crippen LogP contribution in [-0.4, -0.2) is 36.1 Å². The van der Waals surface area contributed by atoms with E-state index in [1.54, 1.807) is 13.0 Å². The first-order valence-electron chi connectivity index (χ1n) is 4.01. The molecular formula is C9H18ClNO2. The summed E-state index contributed by atoms with van der Waals surface area (Å²) >= 11 is 0. The Hall–Kier alpha value is -0.540. The second-order valence-electron chi connectivity index (χ2n) is 3.24. The monoisotopic (exact) mass is 207 g/mol. The fraction of sp³-hybridized carbons (Fsp3) is 0.667. The molecule has 0 radical (unpaired) electrons. The Labute approximate surface area is 85.8 Å². The zero-order valence-corrected chi connectivity index (χ0v) is 9.39. The lowest BCUT2D eigenvalue weighted by Gasteiger charge is -2.17. The zero-order chi connectivity index (χ0) is 9.72. The molecular weight excluding hydrogens is 190 g/mol. The number of nitrogens with zero attached hydrogens (tertiary/aromatic N) is 1. The molecule has 0 amide bonds. The molecule has 13 heavy (non-hydrogen) atoms. The van der Waals surface area contributed by atoms with Gasteiger partial charge in [-0.3, -0.25) is 0 Å². The molecule has 0 aromatic rings. The van der Waals surface area contributed by atoms with Gasteiger partial charge in [-0.05, 0) is 34.4 Å². The fourth-order valence-corrected chi connectivity index (χ4v) is 0.645. The summed E-state index contributed by atoms with van der Waals surface area (Å²) in [5.41, 5.74) is 0.420. The molecule has 0 bridgehead atoms. The smallest absolute Gasteiger partial charge is 0.330 e. The van der Waals surface area contributed by atoms with E-state index in [0.29, 0.717) is 11.6 Å². The Morgan fingerprint density at radius 3 is 2.31 bits per heavy atom. The third kappa shape index (κ3) is 6.61. The average molecular weight is 208 g/mol. The molecule has 0 aromatic heterocycles. The number of rotatable bonds is 4. The van der Waals surface area contributed by atoms with E-state index in [2.05, 4.69) is 11.8 Å². The van der Waals surface area contributed by atoms with Crippen molar-refractivity contribution in [2.75, 3.05) is 14.1 Å². The predicted molar refractivity (Wildman–Crippen MR) is 56.4 cm³/mol. The fourth-order valence-electron chi connectivity index (χ4n) is 0.645. The molecule has 0 aliphatic heterocycles. The van der Waals surface area contributed by atoms with Crippen molar-refractivity contribution in [1.29, 1.82) is 0 Å². The van der Waals surface area contributed by atoms with Gasteiger partial charge in [-0.1, -0.05) is 6.08 Å². The Morgan fingerprint density at radius 2 is 2.00 bits per heavy atom. The molecule has 0 saturated heterocycles. The summed E-state index contributed by atoms with van der Waals surface area (Å²) < 4.78 is 0. The van der Waals surface area contributed by atoms with Crippen molar-refractivity contribution in [1.82, 2.24) is 4.90 Å². The number of halogens is 1. The molecule has 0 rings (SSSR count). The van der Waals surface area contributed by atoms with Gasteiger partial charge in [0.25, 0.3) is 0 Å². The van der Waals surface area contributed by atoms with E-state index in [9.17, 15) is 4.79 Å². The van der Waals surface area contributed by atoms with Crippen molar-refractivity contribution in [3.05, 3.63) is 11.6 Å². The van der Waals surface area contributed by atoms with Crippen molar-refractivity contribution in [2.24, 2.45) is 0 Å². The van der Waals surface area contributed by atoms with Crippen molar-refractivity contribution >= 4 is 18.4 Å². The van der Waals surface area contributed by atoms with Crippen LogP contribution >= 0.6 is 12.4 Å². The van der Waals surface area contributed by atoms with E-state index in [1.807, 2.05) is 14.1 Å². The van der Waals surface area contributed by atoms with Crippen LogP contribution in [0, 0.1) is 0 Å². The largest absolute Gasteiger partial charge is 0.478 e. The summed E-state index contributed by atoms with van der Waals surface area (Å²) in [5, 5.41) is 8.55. The van der Waals surface area contributed by atoms with Crippen LogP contribution < -0.4 is 0 Å². The molecule has 0 aliphatic rings. The van der Waals surface area contributed by atoms with Gasteiger partial charge >= 0.3 is 5.97 Å². The molecule has 3 nitrogen and oxygen atoms in total. The topological polar surface area (TPSA) is 40.5 Å². The maximum Gasteiger partial charge on any atom is 0.330 e. The van der Waals surface area contributed by atoms with E-state index < -0.39 is 5.97 Å². The molecule has 1 unspecified atom stereocenters. The Morgan fingerprint density at radius 1 is 1.54 bits per heavy atom. The van der Waals surface area contributed by atoms with Crippen LogP contribution in [0.4, 0.5) is 0 Å². The minimum atomic E-state index is -0.832. The van der Waals surface area contributed by atoms with Crippen molar-refractivity contribution in [3.8, 4) is 0 Å². The zero-order valence-electron chi connectivity index (χ0n) is 8.57. The molecule has 0 fully saturated rings. The van der Waals surface area contributed by atoms with Gasteiger partial charge in [0.1, 0.15) is 0 Å². The van der Waals surface area contributed by atoms with Gasteiger partial charge in [0.15, 0.2) is 0 Å². The lowest BCUT2D eigenvalue weighted by molar-refractivity contribution is -0.132. The summed E-state index contributed by atoms with van der Waals surface area (Å²) in [6, 6.07) is 0.388. The number of hydrogen-bond donors (Lipinski definition) is 1. The standard InChI is InChI=1S/C9H17NO2.ClH/c1-7(9(11)12)5-6-8(2)10(3)4;/h5,8H,6H2,1-4H3,(H,11,12);1H. The van der Waals surface area contributed by atoms with Crippen LogP contribution in [0.5, 0.6) is 0 Å². The van der Waals surface area contributed by atoms with Crippen molar-refractivity contribution in [3.63, 3.8) is 0 Å². The van der Waals surface area contributed by atoms with E-state index in [0.717, 1.165) is 6.42 Å². The third-order valence-corrected chi connectivity index (χ3v) is 1.98. The summed E-state index contributed by atoms with van der Waals surface area (Å²) in [7, 11) is 3.96. The van der Waals surface area contributed by atoms with E-state index in [1.165, 1.54) is 0 Å². The van der Waals surface area contributed by atoms with Crippen molar-refractivity contribution in [2.45, 2.75) is 26.3 Å². The molecule has 0 heterocycles. The van der Waals surface area contributed by atoms with Crippen LogP contribution in [0.15, 0.2) is 11.6 Å². The maximum absolute atomic E-state index is 10.4. The molecule has 0 spiro atoms. The second kappa shape index (κ2) is 6.92. The van der Waals surface area contributed by atoms with Gasteiger partial charge in [-0.15, -0.1) is 12.4 Å². The molecule has 0 aromatic carbocycles. The first-order valence-corrected chi connectivity index (χ1v) is 4.01. The minimum absolute atomic E-state index is 0. The van der Waals surface area contributed by atoms with Gasteiger partial charge in [0, 0.05) is 11.6 Å². The van der Waals surface area contributed by atoms with Crippen LogP contribution in [-0.2, 0) is 4.79 Å². The lowest BCUT2D eigenvalue weighted by Crippen LogP contribution is -2.23. The van der Waals surface area contributed by atoms with Crippen LogP contribution in [0.25, 0.3) is 0 Å². The van der Waals surface area contributed by atoms with Gasteiger partial charge in [0.05, 0.1) is 0 Å². The highest BCUT2D eigenvalue weighted by Crippen LogP contribution is 2.02. The summed E-state index contributed by atoms with van der Waals surface area (Å²) in [6.07, 6.45) is 2.54. The van der Waals surface area contributed by atoms with Gasteiger partial charge in [0.2, 0.25) is 0 Å². The molecule has 4 heteroatoms. The van der Waals surface area contributed by atoms with Crippen molar-refractivity contribution < 1.29 is 9.90 Å². The van der Waals surface area contributed by atoms with Gasteiger partial charge in [-0.25, -0.2) is 4.79 Å². The molecule has 1 N–H and O–H groups in total. The summed E-state index contributed by atoms with van der Waals surface area (Å²) in [5.74, 6) is -0.832. The first-order chi connectivity index (χ1) is 5.45. The quantitative estimate of drug-likeness (QED) is 0.715. The summed E-state index contributed by atoms with van der Waals surface area (Å²) in [6.45, 7) is 3.68. The number of carboxylic acids is 1. The number of carbonyl (C=O) groups is 1. The Kier molecular flexibility index (Phi) is 7.96. The summed E-state index contributed by atoms with van der Waals surface area (Å²) in [4.78, 5) is 12.5. The Balaban J connectivity index is 0. The highest BCUT2D eigenvalue weighted by Gasteiger charge is 2.04. The van der Waals surface area contributed by atoms with Crippen LogP contribution in [0.1, 0.15) is 20.3 Å². The molecule has 78 valence electrons. The molecule has 0 saturated carbocycles. The molecule has 1 atom stereocenters. The minimum Gasteiger partial charge on any atom is -0.478 e. The third-order valence-electron chi connectivity index (χ3n) is 1.98. The van der Waals surface area contributed by atoms with Crippen LogP contribution in [0.2, 0.25) is 0 Å². The van der Waals surface area contributed by atoms with Gasteiger partial charge < -0.3 is 10.0 Å².